The summed E-state index contributed by atoms with van der Waals surface area (Å²) in [6, 6.07) is 5.62. The van der Waals surface area contributed by atoms with Crippen molar-refractivity contribution in [3.8, 4) is 22.9 Å². The number of hydrogen-bond acceptors (Lipinski definition) is 7. The number of rotatable bonds is 6. The third-order valence-corrected chi connectivity index (χ3v) is 6.16. The number of amides is 1. The van der Waals surface area contributed by atoms with Gasteiger partial charge in [-0.1, -0.05) is 0 Å². The molecule has 33 heavy (non-hydrogen) atoms. The third-order valence-electron chi connectivity index (χ3n) is 6.16. The first kappa shape index (κ1) is 21.4. The predicted octanol–water partition coefficient (Wildman–Crippen LogP) is 3.70. The summed E-state index contributed by atoms with van der Waals surface area (Å²) in [5, 5.41) is 4.60. The molecule has 172 valence electrons. The van der Waals surface area contributed by atoms with Crippen molar-refractivity contribution >= 4 is 11.7 Å². The van der Waals surface area contributed by atoms with Gasteiger partial charge in [0.25, 0.3) is 11.8 Å². The molecule has 0 aromatic carbocycles. The van der Waals surface area contributed by atoms with Gasteiger partial charge in [-0.05, 0) is 44.9 Å². The molecule has 1 unspecified atom stereocenters. The molecule has 5 heterocycles. The standard InChI is InChI=1S/C24H27N5O4/c1-5-28-10-8-19(27-28)29-23(30)20-15(3)12-17(26-21(20)24(29)9-7-11-33-24)16-13-18(31-4)22(25-14-16)32-6-2/h8,10,12-14H,5-7,9,11H2,1-4H3. The molecule has 1 atom stereocenters. The van der Waals surface area contributed by atoms with Gasteiger partial charge in [-0.3, -0.25) is 14.4 Å². The number of anilines is 1. The van der Waals surface area contributed by atoms with Crippen LogP contribution in [0.4, 0.5) is 5.82 Å². The van der Waals surface area contributed by atoms with Crippen molar-refractivity contribution in [2.45, 2.75) is 45.9 Å². The van der Waals surface area contributed by atoms with E-state index in [1.165, 1.54) is 0 Å². The Bertz CT molecular complexity index is 1220. The molecule has 0 radical (unpaired) electrons. The fourth-order valence-electron chi connectivity index (χ4n) is 4.64. The first-order valence-electron chi connectivity index (χ1n) is 11.2. The quantitative estimate of drug-likeness (QED) is 0.567. The lowest BCUT2D eigenvalue weighted by Gasteiger charge is -2.32. The van der Waals surface area contributed by atoms with Crippen LogP contribution in [-0.4, -0.2) is 46.0 Å². The highest BCUT2D eigenvalue weighted by atomic mass is 16.5. The number of methoxy groups -OCH3 is 1. The van der Waals surface area contributed by atoms with Gasteiger partial charge < -0.3 is 14.2 Å². The number of aryl methyl sites for hydroxylation is 2. The van der Waals surface area contributed by atoms with Gasteiger partial charge in [-0.25, -0.2) is 9.97 Å². The van der Waals surface area contributed by atoms with Crippen LogP contribution in [0.1, 0.15) is 48.3 Å². The third kappa shape index (κ3) is 3.26. The van der Waals surface area contributed by atoms with Crippen molar-refractivity contribution in [1.82, 2.24) is 19.7 Å². The molecule has 2 aliphatic heterocycles. The molecule has 5 rings (SSSR count). The van der Waals surface area contributed by atoms with Crippen molar-refractivity contribution < 1.29 is 19.0 Å². The van der Waals surface area contributed by atoms with E-state index in [0.29, 0.717) is 54.0 Å². The van der Waals surface area contributed by atoms with E-state index in [0.717, 1.165) is 24.1 Å². The molecule has 1 amide bonds. The highest BCUT2D eigenvalue weighted by Gasteiger charge is 2.56. The largest absolute Gasteiger partial charge is 0.491 e. The smallest absolute Gasteiger partial charge is 0.264 e. The van der Waals surface area contributed by atoms with Gasteiger partial charge in [-0.15, -0.1) is 0 Å². The maximum Gasteiger partial charge on any atom is 0.264 e. The Kier molecular flexibility index (Phi) is 5.28. The second-order valence-corrected chi connectivity index (χ2v) is 8.12. The van der Waals surface area contributed by atoms with Gasteiger partial charge in [0, 0.05) is 37.0 Å². The molecule has 0 saturated carbocycles. The molecule has 2 aliphatic rings. The van der Waals surface area contributed by atoms with Crippen LogP contribution in [-0.2, 0) is 17.0 Å². The predicted molar refractivity (Wildman–Crippen MR) is 122 cm³/mol. The van der Waals surface area contributed by atoms with Gasteiger partial charge >= 0.3 is 0 Å². The van der Waals surface area contributed by atoms with Crippen molar-refractivity contribution in [1.29, 1.82) is 0 Å². The Morgan fingerprint density at radius 1 is 1.27 bits per heavy atom. The summed E-state index contributed by atoms with van der Waals surface area (Å²) in [4.78, 5) is 24.7. The number of ether oxygens (including phenoxy) is 3. The normalized spacial score (nSPS) is 19.4. The molecule has 3 aromatic heterocycles. The summed E-state index contributed by atoms with van der Waals surface area (Å²) in [5.74, 6) is 1.41. The van der Waals surface area contributed by atoms with Crippen LogP contribution in [0.25, 0.3) is 11.3 Å². The summed E-state index contributed by atoms with van der Waals surface area (Å²) in [6.45, 7) is 7.60. The topological polar surface area (TPSA) is 91.6 Å². The molecule has 0 N–H and O–H groups in total. The van der Waals surface area contributed by atoms with Gasteiger partial charge in [-0.2, -0.15) is 5.10 Å². The van der Waals surface area contributed by atoms with E-state index in [9.17, 15) is 4.79 Å². The molecule has 9 nitrogen and oxygen atoms in total. The zero-order valence-corrected chi connectivity index (χ0v) is 19.3. The molecular formula is C24H27N5O4. The zero-order valence-electron chi connectivity index (χ0n) is 19.3. The SMILES string of the molecule is CCOc1ncc(-c2cc(C)c3c(n2)C2(CCCO2)N(c2ccn(CC)n2)C3=O)cc1OC. The Morgan fingerprint density at radius 3 is 2.79 bits per heavy atom. The Labute approximate surface area is 192 Å². The zero-order chi connectivity index (χ0) is 23.2. The lowest BCUT2D eigenvalue weighted by atomic mass is 9.99. The van der Waals surface area contributed by atoms with Crippen LogP contribution < -0.4 is 14.4 Å². The van der Waals surface area contributed by atoms with Crippen molar-refractivity contribution in [2.24, 2.45) is 0 Å². The van der Waals surface area contributed by atoms with Crippen LogP contribution in [0.3, 0.4) is 0 Å². The second kappa shape index (κ2) is 8.15. The van der Waals surface area contributed by atoms with E-state index in [1.54, 1.807) is 22.9 Å². The van der Waals surface area contributed by atoms with Gasteiger partial charge in [0.05, 0.1) is 31.6 Å². The minimum absolute atomic E-state index is 0.132. The average Bonchev–Trinajstić information content (AvgIpc) is 3.54. The monoisotopic (exact) mass is 449 g/mol. The van der Waals surface area contributed by atoms with Crippen LogP contribution in [0.2, 0.25) is 0 Å². The van der Waals surface area contributed by atoms with E-state index >= 15 is 0 Å². The minimum atomic E-state index is -0.955. The number of carbonyl (C=O) groups is 1. The number of fused-ring (bicyclic) bond motifs is 2. The fraction of sp³-hybridized carbons (Fsp3) is 0.417. The summed E-state index contributed by atoms with van der Waals surface area (Å²) in [6.07, 6.45) is 5.08. The number of carbonyl (C=O) groups excluding carboxylic acids is 1. The van der Waals surface area contributed by atoms with E-state index in [4.69, 9.17) is 19.2 Å². The first-order chi connectivity index (χ1) is 16.0. The molecule has 1 spiro atoms. The Morgan fingerprint density at radius 2 is 2.12 bits per heavy atom. The van der Waals surface area contributed by atoms with Crippen LogP contribution in [0.5, 0.6) is 11.6 Å². The highest BCUT2D eigenvalue weighted by molar-refractivity contribution is 6.12. The Balaban J connectivity index is 1.64. The second-order valence-electron chi connectivity index (χ2n) is 8.12. The molecule has 0 aliphatic carbocycles. The molecule has 9 heteroatoms. The van der Waals surface area contributed by atoms with Crippen molar-refractivity contribution in [2.75, 3.05) is 25.2 Å². The number of hydrogen-bond donors (Lipinski definition) is 0. The maximum absolute atomic E-state index is 13.6. The number of pyridine rings is 2. The maximum atomic E-state index is 13.6. The van der Waals surface area contributed by atoms with Crippen LogP contribution in [0.15, 0.2) is 30.6 Å². The van der Waals surface area contributed by atoms with Crippen molar-refractivity contribution in [3.63, 3.8) is 0 Å². The summed E-state index contributed by atoms with van der Waals surface area (Å²) in [5.41, 5.74) is 2.57. The fourth-order valence-corrected chi connectivity index (χ4v) is 4.64. The molecule has 1 fully saturated rings. The summed E-state index contributed by atoms with van der Waals surface area (Å²) >= 11 is 0. The van der Waals surface area contributed by atoms with Crippen molar-refractivity contribution in [3.05, 3.63) is 47.4 Å². The average molecular weight is 450 g/mol. The molecule has 0 bridgehead atoms. The molecular weight excluding hydrogens is 422 g/mol. The highest BCUT2D eigenvalue weighted by Crippen LogP contribution is 2.49. The number of aromatic nitrogens is 4. The first-order valence-corrected chi connectivity index (χ1v) is 11.2. The molecule has 1 saturated heterocycles. The van der Waals surface area contributed by atoms with E-state index in [2.05, 4.69) is 10.1 Å². The van der Waals surface area contributed by atoms with Gasteiger partial charge in [0.2, 0.25) is 0 Å². The molecule has 3 aromatic rings. The van der Waals surface area contributed by atoms with Gasteiger partial charge in [0.15, 0.2) is 17.3 Å². The van der Waals surface area contributed by atoms with E-state index in [-0.39, 0.29) is 5.91 Å². The lowest BCUT2D eigenvalue weighted by molar-refractivity contribution is 0.00243. The summed E-state index contributed by atoms with van der Waals surface area (Å²) < 4.78 is 19.1. The van der Waals surface area contributed by atoms with E-state index in [1.807, 2.05) is 45.2 Å². The summed E-state index contributed by atoms with van der Waals surface area (Å²) in [7, 11) is 1.58. The van der Waals surface area contributed by atoms with E-state index < -0.39 is 5.72 Å². The Hall–Kier alpha value is -3.46. The van der Waals surface area contributed by atoms with Crippen LogP contribution >= 0.6 is 0 Å². The number of nitrogens with zero attached hydrogens (tertiary/aromatic N) is 5. The minimum Gasteiger partial charge on any atom is -0.491 e. The van der Waals surface area contributed by atoms with Crippen LogP contribution in [0, 0.1) is 6.92 Å². The lowest BCUT2D eigenvalue weighted by Crippen LogP contribution is -2.44. The van der Waals surface area contributed by atoms with Gasteiger partial charge in [0.1, 0.15) is 5.69 Å².